The molecule has 0 radical (unpaired) electrons. The van der Waals surface area contributed by atoms with Crippen LogP contribution in [0.15, 0.2) is 48.5 Å². The first-order valence-electron chi connectivity index (χ1n) is 6.93. The number of para-hydroxylation sites is 1. The number of nitrogens with two attached hydrogens (primary N) is 1. The molecule has 0 saturated heterocycles. The van der Waals surface area contributed by atoms with Crippen LogP contribution in [0, 0.1) is 19.7 Å². The van der Waals surface area contributed by atoms with Gasteiger partial charge in [0.15, 0.2) is 0 Å². The molecule has 1 aromatic heterocycles. The molecule has 0 aliphatic carbocycles. The van der Waals surface area contributed by atoms with Crippen molar-refractivity contribution in [3.8, 4) is 0 Å². The normalized spacial score (nSPS) is 12.6. The van der Waals surface area contributed by atoms with Crippen LogP contribution in [-0.2, 0) is 0 Å². The molecule has 0 aliphatic heterocycles. The Balaban J connectivity index is 2.11. The predicted octanol–water partition coefficient (Wildman–Crippen LogP) is 4.04. The van der Waals surface area contributed by atoms with Crippen molar-refractivity contribution in [3.05, 3.63) is 76.7 Å². The lowest BCUT2D eigenvalue weighted by atomic mass is 9.99. The summed E-state index contributed by atoms with van der Waals surface area (Å²) in [5.74, 6) is -0.266. The lowest BCUT2D eigenvalue weighted by Gasteiger charge is -2.14. The second-order valence-electron chi connectivity index (χ2n) is 5.42. The number of pyridine rings is 1. The van der Waals surface area contributed by atoms with Crippen molar-refractivity contribution in [1.29, 1.82) is 0 Å². The van der Waals surface area contributed by atoms with Gasteiger partial charge in [0, 0.05) is 5.39 Å². The summed E-state index contributed by atoms with van der Waals surface area (Å²) in [6.07, 6.45) is 0. The molecule has 0 amide bonds. The molecule has 1 atom stereocenters. The second-order valence-corrected chi connectivity index (χ2v) is 5.42. The van der Waals surface area contributed by atoms with Gasteiger partial charge in [-0.05, 0) is 54.8 Å². The number of hydrogen-bond acceptors (Lipinski definition) is 2. The van der Waals surface area contributed by atoms with Crippen molar-refractivity contribution < 1.29 is 4.39 Å². The van der Waals surface area contributed by atoms with Crippen LogP contribution in [0.3, 0.4) is 0 Å². The Hall–Kier alpha value is -2.26. The lowest BCUT2D eigenvalue weighted by molar-refractivity contribution is 0.622. The van der Waals surface area contributed by atoms with Crippen LogP contribution in [0.25, 0.3) is 10.9 Å². The van der Waals surface area contributed by atoms with Gasteiger partial charge in [-0.3, -0.25) is 4.98 Å². The van der Waals surface area contributed by atoms with Gasteiger partial charge in [-0.1, -0.05) is 24.3 Å². The summed E-state index contributed by atoms with van der Waals surface area (Å²) in [4.78, 5) is 4.62. The Bertz CT molecular complexity index is 791. The highest BCUT2D eigenvalue weighted by Crippen LogP contribution is 2.24. The first kappa shape index (κ1) is 13.7. The van der Waals surface area contributed by atoms with Gasteiger partial charge < -0.3 is 5.73 Å². The summed E-state index contributed by atoms with van der Waals surface area (Å²) < 4.78 is 13.6. The van der Waals surface area contributed by atoms with Crippen molar-refractivity contribution in [2.75, 3.05) is 0 Å². The molecule has 2 nitrogen and oxygen atoms in total. The lowest BCUT2D eigenvalue weighted by Crippen LogP contribution is -2.14. The molecular formula is C18H17FN2. The molecule has 0 spiro atoms. The van der Waals surface area contributed by atoms with E-state index >= 15 is 0 Å². The fourth-order valence-electron chi connectivity index (χ4n) is 2.65. The van der Waals surface area contributed by atoms with Gasteiger partial charge >= 0.3 is 0 Å². The van der Waals surface area contributed by atoms with Crippen LogP contribution >= 0.6 is 0 Å². The van der Waals surface area contributed by atoms with Crippen LogP contribution < -0.4 is 5.73 Å². The first-order chi connectivity index (χ1) is 10.0. The van der Waals surface area contributed by atoms with Crippen molar-refractivity contribution in [2.24, 2.45) is 5.73 Å². The summed E-state index contributed by atoms with van der Waals surface area (Å²) in [5, 5.41) is 1.11. The van der Waals surface area contributed by atoms with Gasteiger partial charge in [0.25, 0.3) is 0 Å². The Morgan fingerprint density at radius 1 is 1.05 bits per heavy atom. The maximum atomic E-state index is 13.6. The highest BCUT2D eigenvalue weighted by molar-refractivity contribution is 5.82. The smallest absolute Gasteiger partial charge is 0.123 e. The van der Waals surface area contributed by atoms with Gasteiger partial charge in [-0.2, -0.15) is 0 Å². The van der Waals surface area contributed by atoms with Crippen LogP contribution in [0.4, 0.5) is 4.39 Å². The van der Waals surface area contributed by atoms with Crippen LogP contribution in [0.5, 0.6) is 0 Å². The number of halogens is 1. The zero-order chi connectivity index (χ0) is 15.0. The average molecular weight is 280 g/mol. The number of benzene rings is 2. The molecule has 106 valence electrons. The summed E-state index contributed by atoms with van der Waals surface area (Å²) in [6.45, 7) is 3.90. The minimum atomic E-state index is -0.428. The largest absolute Gasteiger partial charge is 0.319 e. The van der Waals surface area contributed by atoms with Gasteiger partial charge in [0.2, 0.25) is 0 Å². The van der Waals surface area contributed by atoms with Gasteiger partial charge in [0.05, 0.1) is 17.3 Å². The molecule has 1 unspecified atom stereocenters. The minimum absolute atomic E-state index is 0.266. The highest BCUT2D eigenvalue weighted by atomic mass is 19.1. The fourth-order valence-corrected chi connectivity index (χ4v) is 2.65. The molecule has 3 heteroatoms. The van der Waals surface area contributed by atoms with Crippen LogP contribution in [0.1, 0.15) is 28.4 Å². The fraction of sp³-hybridized carbons (Fsp3) is 0.167. The third-order valence-electron chi connectivity index (χ3n) is 3.69. The van der Waals surface area contributed by atoms with E-state index in [0.29, 0.717) is 0 Å². The summed E-state index contributed by atoms with van der Waals surface area (Å²) in [6, 6.07) is 14.4. The molecule has 0 aliphatic rings. The molecule has 0 fully saturated rings. The SMILES string of the molecule is Cc1cc(F)cc(C(N)c2cc(C)c3ccccc3n2)c1. The number of hydrogen-bond donors (Lipinski definition) is 1. The molecular weight excluding hydrogens is 263 g/mol. The number of nitrogens with zero attached hydrogens (tertiary/aromatic N) is 1. The van der Waals surface area contributed by atoms with E-state index in [1.165, 1.54) is 12.1 Å². The summed E-state index contributed by atoms with van der Waals surface area (Å²) >= 11 is 0. The van der Waals surface area contributed by atoms with E-state index in [9.17, 15) is 4.39 Å². The molecule has 0 saturated carbocycles. The van der Waals surface area contributed by atoms with E-state index in [2.05, 4.69) is 4.98 Å². The van der Waals surface area contributed by atoms with Crippen molar-refractivity contribution in [3.63, 3.8) is 0 Å². The molecule has 2 aromatic carbocycles. The molecule has 3 aromatic rings. The van der Waals surface area contributed by atoms with Crippen molar-refractivity contribution in [2.45, 2.75) is 19.9 Å². The van der Waals surface area contributed by atoms with Crippen LogP contribution in [0.2, 0.25) is 0 Å². The van der Waals surface area contributed by atoms with E-state index in [1.807, 2.05) is 50.2 Å². The van der Waals surface area contributed by atoms with E-state index < -0.39 is 6.04 Å². The monoisotopic (exact) mass is 280 g/mol. The van der Waals surface area contributed by atoms with Crippen molar-refractivity contribution >= 4 is 10.9 Å². The van der Waals surface area contributed by atoms with Gasteiger partial charge in [-0.15, -0.1) is 0 Å². The quantitative estimate of drug-likeness (QED) is 0.769. The maximum absolute atomic E-state index is 13.6. The average Bonchev–Trinajstić information content (AvgIpc) is 2.45. The standard InChI is InChI=1S/C18H17FN2/c1-11-7-13(10-14(19)8-11)18(20)17-9-12(2)15-5-3-4-6-16(15)21-17/h3-10,18H,20H2,1-2H3. The van der Waals surface area contributed by atoms with Gasteiger partial charge in [-0.25, -0.2) is 4.39 Å². The highest BCUT2D eigenvalue weighted by Gasteiger charge is 2.13. The third kappa shape index (κ3) is 2.65. The Morgan fingerprint density at radius 3 is 2.57 bits per heavy atom. The first-order valence-corrected chi connectivity index (χ1v) is 6.93. The number of aromatic nitrogens is 1. The second kappa shape index (κ2) is 5.26. The van der Waals surface area contributed by atoms with Gasteiger partial charge in [0.1, 0.15) is 5.82 Å². The molecule has 3 rings (SSSR count). The molecule has 2 N–H and O–H groups in total. The van der Waals surface area contributed by atoms with E-state index in [0.717, 1.165) is 33.3 Å². The number of rotatable bonds is 2. The maximum Gasteiger partial charge on any atom is 0.123 e. The molecule has 1 heterocycles. The Labute approximate surface area is 123 Å². The number of aryl methyl sites for hydroxylation is 2. The van der Waals surface area contributed by atoms with Crippen LogP contribution in [-0.4, -0.2) is 4.98 Å². The topological polar surface area (TPSA) is 38.9 Å². The molecule has 0 bridgehead atoms. The van der Waals surface area contributed by atoms with E-state index in [1.54, 1.807) is 0 Å². The van der Waals surface area contributed by atoms with Crippen molar-refractivity contribution in [1.82, 2.24) is 4.98 Å². The van der Waals surface area contributed by atoms with E-state index in [4.69, 9.17) is 5.73 Å². The molecule has 21 heavy (non-hydrogen) atoms. The summed E-state index contributed by atoms with van der Waals surface area (Å²) in [7, 11) is 0. The Morgan fingerprint density at radius 2 is 1.81 bits per heavy atom. The summed E-state index contributed by atoms with van der Waals surface area (Å²) in [5.41, 5.74) is 10.7. The zero-order valence-corrected chi connectivity index (χ0v) is 12.1. The predicted molar refractivity (Wildman–Crippen MR) is 83.6 cm³/mol. The minimum Gasteiger partial charge on any atom is -0.319 e. The zero-order valence-electron chi connectivity index (χ0n) is 12.1. The third-order valence-corrected chi connectivity index (χ3v) is 3.69. The van der Waals surface area contributed by atoms with E-state index in [-0.39, 0.29) is 5.82 Å². The Kier molecular flexibility index (Phi) is 3.43. The number of fused-ring (bicyclic) bond motifs is 1.